The summed E-state index contributed by atoms with van der Waals surface area (Å²) in [4.78, 5) is 6.15. The summed E-state index contributed by atoms with van der Waals surface area (Å²) in [6.07, 6.45) is 0. The number of pyridine rings is 1. The Morgan fingerprint density at radius 3 is 2.65 bits per heavy atom. The van der Waals surface area contributed by atoms with Crippen LogP contribution in [0.1, 0.15) is 23.2 Å². The third-order valence-corrected chi connectivity index (χ3v) is 4.41. The van der Waals surface area contributed by atoms with Gasteiger partial charge < -0.3 is 5.73 Å². The molecule has 2 aromatic rings. The molecule has 0 aliphatic rings. The quantitative estimate of drug-likeness (QED) is 0.864. The summed E-state index contributed by atoms with van der Waals surface area (Å²) < 4.78 is 0. The number of nitrogens with zero attached hydrogens (tertiary/aromatic N) is 1. The van der Waals surface area contributed by atoms with E-state index in [1.807, 2.05) is 49.6 Å². The van der Waals surface area contributed by atoms with Gasteiger partial charge in [-0.25, -0.2) is 0 Å². The summed E-state index contributed by atoms with van der Waals surface area (Å²) in [5, 5.41) is 2.03. The number of hydrogen-bond acceptors (Lipinski definition) is 3. The molecule has 4 heteroatoms. The number of aryl methyl sites for hydroxylation is 1. The maximum atomic E-state index is 5.94. The van der Waals surface area contributed by atoms with Gasteiger partial charge in [0.15, 0.2) is 0 Å². The van der Waals surface area contributed by atoms with Gasteiger partial charge in [-0.2, -0.15) is 0 Å². The second-order valence-electron chi connectivity index (χ2n) is 4.13. The third-order valence-electron chi connectivity index (χ3n) is 2.91. The number of hydrogen-bond donors (Lipinski definition) is 1. The van der Waals surface area contributed by atoms with Gasteiger partial charge >= 0.3 is 0 Å². The Hall–Kier alpha value is -1.26. The lowest BCUT2D eigenvalue weighted by atomic mass is 9.84. The fourth-order valence-corrected chi connectivity index (χ4v) is 2.95. The molecule has 0 spiro atoms. The first-order valence-corrected chi connectivity index (χ1v) is 6.62. The summed E-state index contributed by atoms with van der Waals surface area (Å²) in [5.74, 6) is 0. The van der Waals surface area contributed by atoms with Crippen molar-refractivity contribution in [3.8, 4) is 0 Å². The number of nitrogens with two attached hydrogens (primary N) is 1. The Morgan fingerprint density at radius 2 is 2.12 bits per heavy atom. The van der Waals surface area contributed by atoms with Crippen molar-refractivity contribution < 1.29 is 0 Å². The zero-order valence-corrected chi connectivity index (χ0v) is 11.4. The van der Waals surface area contributed by atoms with E-state index in [1.54, 1.807) is 11.3 Å². The van der Waals surface area contributed by atoms with E-state index in [1.165, 1.54) is 0 Å². The summed E-state index contributed by atoms with van der Waals surface area (Å²) in [6, 6.07) is 9.99. The average Bonchev–Trinajstić information content (AvgIpc) is 2.81. The molecule has 0 saturated carbocycles. The maximum absolute atomic E-state index is 5.94. The molecule has 0 aliphatic heterocycles. The second-order valence-corrected chi connectivity index (χ2v) is 5.52. The van der Waals surface area contributed by atoms with Crippen molar-refractivity contribution >= 4 is 28.5 Å². The molecule has 0 saturated heterocycles. The molecule has 2 rings (SSSR count). The van der Waals surface area contributed by atoms with E-state index in [9.17, 15) is 0 Å². The average molecular weight is 262 g/mol. The molecule has 0 radical (unpaired) electrons. The molecule has 2 nitrogen and oxygen atoms in total. The van der Waals surface area contributed by atoms with Crippen molar-refractivity contribution in [2.24, 2.45) is 5.73 Å². The number of aromatic nitrogens is 1. The number of thiocarbonyl (C=S) groups is 1. The predicted octanol–water partition coefficient (Wildman–Crippen LogP) is 3.04. The maximum Gasteiger partial charge on any atom is 0.0938 e. The zero-order valence-electron chi connectivity index (χ0n) is 9.81. The molecule has 0 aromatic carbocycles. The van der Waals surface area contributed by atoms with E-state index in [0.29, 0.717) is 4.99 Å². The van der Waals surface area contributed by atoms with Gasteiger partial charge in [-0.15, -0.1) is 11.3 Å². The van der Waals surface area contributed by atoms with Crippen molar-refractivity contribution in [1.29, 1.82) is 0 Å². The van der Waals surface area contributed by atoms with Gasteiger partial charge in [0.25, 0.3) is 0 Å². The first kappa shape index (κ1) is 12.2. The van der Waals surface area contributed by atoms with Crippen LogP contribution in [-0.4, -0.2) is 9.97 Å². The van der Waals surface area contributed by atoms with E-state index in [4.69, 9.17) is 18.0 Å². The predicted molar refractivity (Wildman–Crippen MR) is 76.5 cm³/mol. The van der Waals surface area contributed by atoms with Crippen molar-refractivity contribution in [1.82, 2.24) is 4.98 Å². The van der Waals surface area contributed by atoms with Gasteiger partial charge in [0.05, 0.1) is 16.1 Å². The normalized spacial score (nSPS) is 14.2. The summed E-state index contributed by atoms with van der Waals surface area (Å²) in [6.45, 7) is 4.00. The molecule has 2 N–H and O–H groups in total. The minimum absolute atomic E-state index is 0.457. The Kier molecular flexibility index (Phi) is 3.26. The summed E-state index contributed by atoms with van der Waals surface area (Å²) in [5.41, 5.74) is 7.35. The van der Waals surface area contributed by atoms with Crippen LogP contribution in [0.2, 0.25) is 0 Å². The highest BCUT2D eigenvalue weighted by Gasteiger charge is 2.34. The van der Waals surface area contributed by atoms with Gasteiger partial charge in [0.2, 0.25) is 0 Å². The van der Waals surface area contributed by atoms with E-state index in [0.717, 1.165) is 16.3 Å². The highest BCUT2D eigenvalue weighted by Crippen LogP contribution is 2.34. The molecule has 17 heavy (non-hydrogen) atoms. The highest BCUT2D eigenvalue weighted by molar-refractivity contribution is 7.80. The van der Waals surface area contributed by atoms with Crippen LogP contribution in [0.5, 0.6) is 0 Å². The zero-order chi connectivity index (χ0) is 12.5. The van der Waals surface area contributed by atoms with E-state index in [2.05, 4.69) is 4.98 Å². The van der Waals surface area contributed by atoms with Crippen LogP contribution < -0.4 is 5.73 Å². The van der Waals surface area contributed by atoms with E-state index >= 15 is 0 Å². The topological polar surface area (TPSA) is 38.9 Å². The minimum atomic E-state index is -0.477. The Labute approximate surface area is 111 Å². The molecule has 0 fully saturated rings. The molecule has 2 aromatic heterocycles. The molecular weight excluding hydrogens is 248 g/mol. The molecule has 2 heterocycles. The van der Waals surface area contributed by atoms with Gasteiger partial charge in [-0.05, 0) is 37.4 Å². The monoisotopic (exact) mass is 262 g/mol. The fourth-order valence-electron chi connectivity index (χ4n) is 1.76. The van der Waals surface area contributed by atoms with E-state index in [-0.39, 0.29) is 0 Å². The first-order chi connectivity index (χ1) is 8.05. The van der Waals surface area contributed by atoms with Gasteiger partial charge in [0.1, 0.15) is 0 Å². The lowest BCUT2D eigenvalue weighted by molar-refractivity contribution is 0.754. The molecule has 88 valence electrons. The lowest BCUT2D eigenvalue weighted by Crippen LogP contribution is -2.38. The van der Waals surface area contributed by atoms with Crippen molar-refractivity contribution in [3.05, 3.63) is 52.0 Å². The molecule has 1 unspecified atom stereocenters. The van der Waals surface area contributed by atoms with Crippen LogP contribution in [0.4, 0.5) is 0 Å². The van der Waals surface area contributed by atoms with Gasteiger partial charge in [0, 0.05) is 10.6 Å². The molecule has 0 aliphatic carbocycles. The van der Waals surface area contributed by atoms with Gasteiger partial charge in [-0.3, -0.25) is 4.98 Å². The fraction of sp³-hybridized carbons (Fsp3) is 0.231. The third kappa shape index (κ3) is 2.10. The first-order valence-electron chi connectivity index (χ1n) is 5.33. The smallest absolute Gasteiger partial charge is 0.0938 e. The van der Waals surface area contributed by atoms with Crippen LogP contribution in [0.15, 0.2) is 35.7 Å². The van der Waals surface area contributed by atoms with Crippen LogP contribution in [0.3, 0.4) is 0 Å². The van der Waals surface area contributed by atoms with Crippen molar-refractivity contribution in [2.45, 2.75) is 19.3 Å². The van der Waals surface area contributed by atoms with E-state index < -0.39 is 5.41 Å². The Balaban J connectivity index is 2.60. The minimum Gasteiger partial charge on any atom is -0.392 e. The Bertz CT molecular complexity index is 534. The van der Waals surface area contributed by atoms with Gasteiger partial charge in [-0.1, -0.05) is 24.4 Å². The molecule has 1 atom stereocenters. The van der Waals surface area contributed by atoms with Crippen molar-refractivity contribution in [2.75, 3.05) is 0 Å². The lowest BCUT2D eigenvalue weighted by Gasteiger charge is -2.27. The van der Waals surface area contributed by atoms with Crippen LogP contribution in [-0.2, 0) is 5.41 Å². The number of thiophene rings is 1. The largest absolute Gasteiger partial charge is 0.392 e. The molecule has 0 bridgehead atoms. The second kappa shape index (κ2) is 4.55. The van der Waals surface area contributed by atoms with Crippen LogP contribution in [0, 0.1) is 6.92 Å². The molecular formula is C13H14N2S2. The Morgan fingerprint density at radius 1 is 1.35 bits per heavy atom. The van der Waals surface area contributed by atoms with Crippen molar-refractivity contribution in [3.63, 3.8) is 0 Å². The van der Waals surface area contributed by atoms with Crippen LogP contribution >= 0.6 is 23.6 Å². The standard InChI is InChI=1S/C13H14N2S2/c1-9-5-3-6-10(15-9)13(2,12(14)16)11-7-4-8-17-11/h3-8H,1-2H3,(H2,14,16). The SMILES string of the molecule is Cc1cccc(C(C)(C(N)=S)c2cccs2)n1. The highest BCUT2D eigenvalue weighted by atomic mass is 32.1. The van der Waals surface area contributed by atoms with Crippen LogP contribution in [0.25, 0.3) is 0 Å². The molecule has 0 amide bonds. The summed E-state index contributed by atoms with van der Waals surface area (Å²) >= 11 is 6.90. The number of rotatable bonds is 3. The summed E-state index contributed by atoms with van der Waals surface area (Å²) in [7, 11) is 0.